The summed E-state index contributed by atoms with van der Waals surface area (Å²) in [4.78, 5) is 11.8. The van der Waals surface area contributed by atoms with E-state index in [9.17, 15) is 4.79 Å². The van der Waals surface area contributed by atoms with Gasteiger partial charge < -0.3 is 15.4 Å². The smallest absolute Gasteiger partial charge is 0.263 e. The van der Waals surface area contributed by atoms with E-state index in [1.165, 1.54) is 6.20 Å². The molecule has 112 valence electrons. The largest absolute Gasteiger partial charge is 0.385 e. The van der Waals surface area contributed by atoms with E-state index in [0.717, 1.165) is 16.8 Å². The summed E-state index contributed by atoms with van der Waals surface area (Å²) in [6.07, 6.45) is 2.15. The number of nitriles is 1. The quantitative estimate of drug-likeness (QED) is 0.458. The lowest BCUT2D eigenvalue weighted by Crippen LogP contribution is -2.26. The van der Waals surface area contributed by atoms with E-state index >= 15 is 0 Å². The van der Waals surface area contributed by atoms with E-state index in [4.69, 9.17) is 10.00 Å². The second-order valence-electron chi connectivity index (χ2n) is 4.73. The van der Waals surface area contributed by atoms with Crippen LogP contribution in [0.5, 0.6) is 0 Å². The summed E-state index contributed by atoms with van der Waals surface area (Å²) < 4.78 is 4.90. The molecule has 0 fully saturated rings. The van der Waals surface area contributed by atoms with Crippen LogP contribution < -0.4 is 10.6 Å². The first-order valence-corrected chi connectivity index (χ1v) is 6.79. The first-order valence-electron chi connectivity index (χ1n) is 6.79. The van der Waals surface area contributed by atoms with Crippen LogP contribution in [0.25, 0.3) is 0 Å². The SMILES string of the molecule is COCCCNC(=O)/C(C#N)=C\Nc1cc(C)ccc1C. The Hall–Kier alpha value is -2.32. The van der Waals surface area contributed by atoms with E-state index in [2.05, 4.69) is 10.6 Å². The Kier molecular flexibility index (Phi) is 6.99. The molecular weight excluding hydrogens is 266 g/mol. The molecule has 0 bridgehead atoms. The molecule has 2 N–H and O–H groups in total. The number of benzene rings is 1. The van der Waals surface area contributed by atoms with Crippen LogP contribution in [0, 0.1) is 25.2 Å². The number of carbonyl (C=O) groups excluding carboxylic acids is 1. The van der Waals surface area contributed by atoms with Gasteiger partial charge in [-0.2, -0.15) is 5.26 Å². The third-order valence-electron chi connectivity index (χ3n) is 2.94. The molecule has 0 aliphatic heterocycles. The maximum Gasteiger partial charge on any atom is 0.263 e. The molecular formula is C16H21N3O2. The van der Waals surface area contributed by atoms with Gasteiger partial charge in [0.25, 0.3) is 5.91 Å². The minimum Gasteiger partial charge on any atom is -0.385 e. The van der Waals surface area contributed by atoms with Crippen molar-refractivity contribution in [2.75, 3.05) is 25.6 Å². The van der Waals surface area contributed by atoms with Gasteiger partial charge in [0.2, 0.25) is 0 Å². The first-order chi connectivity index (χ1) is 10.1. The maximum absolute atomic E-state index is 11.8. The number of hydrogen-bond acceptors (Lipinski definition) is 4. The number of hydrogen-bond donors (Lipinski definition) is 2. The van der Waals surface area contributed by atoms with Gasteiger partial charge in [-0.25, -0.2) is 0 Å². The van der Waals surface area contributed by atoms with Crippen molar-refractivity contribution in [1.82, 2.24) is 5.32 Å². The molecule has 1 rings (SSSR count). The van der Waals surface area contributed by atoms with Gasteiger partial charge in [0, 0.05) is 32.1 Å². The molecule has 5 nitrogen and oxygen atoms in total. The highest BCUT2D eigenvalue weighted by Crippen LogP contribution is 2.16. The van der Waals surface area contributed by atoms with E-state index in [1.54, 1.807) is 7.11 Å². The number of rotatable bonds is 7. The highest BCUT2D eigenvalue weighted by atomic mass is 16.5. The number of ether oxygens (including phenoxy) is 1. The number of nitrogens with one attached hydrogen (secondary N) is 2. The number of amides is 1. The Morgan fingerprint density at radius 2 is 2.19 bits per heavy atom. The Morgan fingerprint density at radius 1 is 1.43 bits per heavy atom. The number of anilines is 1. The van der Waals surface area contributed by atoms with E-state index in [0.29, 0.717) is 19.6 Å². The normalized spacial score (nSPS) is 10.9. The molecule has 0 saturated carbocycles. The molecule has 0 aliphatic carbocycles. The number of nitrogens with zero attached hydrogens (tertiary/aromatic N) is 1. The molecule has 0 radical (unpaired) electrons. The zero-order valence-corrected chi connectivity index (χ0v) is 12.7. The Balaban J connectivity index is 2.65. The molecule has 5 heteroatoms. The van der Waals surface area contributed by atoms with Crippen molar-refractivity contribution in [3.05, 3.63) is 41.1 Å². The second-order valence-corrected chi connectivity index (χ2v) is 4.73. The summed E-state index contributed by atoms with van der Waals surface area (Å²) in [7, 11) is 1.61. The highest BCUT2D eigenvalue weighted by molar-refractivity contribution is 5.97. The second kappa shape index (κ2) is 8.77. The lowest BCUT2D eigenvalue weighted by atomic mass is 10.1. The Labute approximate surface area is 125 Å². The predicted octanol–water partition coefficient (Wildman–Crippen LogP) is 2.28. The minimum absolute atomic E-state index is 0.0494. The van der Waals surface area contributed by atoms with Crippen LogP contribution >= 0.6 is 0 Å². The van der Waals surface area contributed by atoms with Gasteiger partial charge in [-0.1, -0.05) is 12.1 Å². The van der Waals surface area contributed by atoms with Gasteiger partial charge in [0.05, 0.1) is 0 Å². The summed E-state index contributed by atoms with van der Waals surface area (Å²) in [5.41, 5.74) is 3.09. The average molecular weight is 287 g/mol. The third-order valence-corrected chi connectivity index (χ3v) is 2.94. The van der Waals surface area contributed by atoms with Gasteiger partial charge >= 0.3 is 0 Å². The molecule has 1 aromatic carbocycles. The van der Waals surface area contributed by atoms with Crippen LogP contribution in [0.2, 0.25) is 0 Å². The molecule has 1 amide bonds. The zero-order chi connectivity index (χ0) is 15.7. The van der Waals surface area contributed by atoms with Crippen LogP contribution in [-0.2, 0) is 9.53 Å². The van der Waals surface area contributed by atoms with Crippen molar-refractivity contribution in [3.8, 4) is 6.07 Å². The number of carbonyl (C=O) groups is 1. The summed E-state index contributed by atoms with van der Waals surface area (Å²) in [5.74, 6) is -0.383. The fourth-order valence-electron chi connectivity index (χ4n) is 1.70. The monoisotopic (exact) mass is 287 g/mol. The van der Waals surface area contributed by atoms with Crippen molar-refractivity contribution in [2.24, 2.45) is 0 Å². The zero-order valence-electron chi connectivity index (χ0n) is 12.7. The van der Waals surface area contributed by atoms with Crippen molar-refractivity contribution >= 4 is 11.6 Å². The molecule has 0 aromatic heterocycles. The van der Waals surface area contributed by atoms with Gasteiger partial charge in [-0.3, -0.25) is 4.79 Å². The van der Waals surface area contributed by atoms with Crippen molar-refractivity contribution in [2.45, 2.75) is 20.3 Å². The maximum atomic E-state index is 11.8. The molecule has 0 unspecified atom stereocenters. The van der Waals surface area contributed by atoms with Crippen LogP contribution in [0.1, 0.15) is 17.5 Å². The Bertz CT molecular complexity index is 559. The highest BCUT2D eigenvalue weighted by Gasteiger charge is 2.08. The third kappa shape index (κ3) is 5.67. The number of methoxy groups -OCH3 is 1. The van der Waals surface area contributed by atoms with Crippen molar-refractivity contribution in [3.63, 3.8) is 0 Å². The lowest BCUT2D eigenvalue weighted by Gasteiger charge is -2.08. The van der Waals surface area contributed by atoms with E-state index in [-0.39, 0.29) is 11.5 Å². The molecule has 0 atom stereocenters. The Morgan fingerprint density at radius 3 is 2.86 bits per heavy atom. The molecule has 21 heavy (non-hydrogen) atoms. The standard InChI is InChI=1S/C16H21N3O2/c1-12-5-6-13(2)15(9-12)19-11-14(10-17)16(20)18-7-4-8-21-3/h5-6,9,11,19H,4,7-8H2,1-3H3,(H,18,20)/b14-11-. The molecule has 0 heterocycles. The molecule has 1 aromatic rings. The topological polar surface area (TPSA) is 74.1 Å². The predicted molar refractivity (Wildman–Crippen MR) is 82.7 cm³/mol. The van der Waals surface area contributed by atoms with E-state index in [1.807, 2.05) is 38.1 Å². The summed E-state index contributed by atoms with van der Waals surface area (Å²) in [6.45, 7) is 5.01. The van der Waals surface area contributed by atoms with Crippen LogP contribution in [0.15, 0.2) is 30.0 Å². The van der Waals surface area contributed by atoms with E-state index < -0.39 is 0 Å². The van der Waals surface area contributed by atoms with Gasteiger partial charge in [-0.05, 0) is 37.5 Å². The first kappa shape index (κ1) is 16.7. The minimum atomic E-state index is -0.383. The average Bonchev–Trinajstić information content (AvgIpc) is 2.47. The van der Waals surface area contributed by atoms with Crippen LogP contribution in [0.3, 0.4) is 0 Å². The van der Waals surface area contributed by atoms with Gasteiger partial charge in [0.1, 0.15) is 11.6 Å². The summed E-state index contributed by atoms with van der Waals surface area (Å²) in [6, 6.07) is 7.87. The summed E-state index contributed by atoms with van der Waals surface area (Å²) in [5, 5.41) is 14.8. The van der Waals surface area contributed by atoms with Gasteiger partial charge in [-0.15, -0.1) is 0 Å². The van der Waals surface area contributed by atoms with Crippen molar-refractivity contribution in [1.29, 1.82) is 5.26 Å². The fourth-order valence-corrected chi connectivity index (χ4v) is 1.70. The fraction of sp³-hybridized carbons (Fsp3) is 0.375. The lowest BCUT2D eigenvalue weighted by molar-refractivity contribution is -0.117. The molecule has 0 saturated heterocycles. The van der Waals surface area contributed by atoms with Crippen LogP contribution in [-0.4, -0.2) is 26.2 Å². The van der Waals surface area contributed by atoms with Crippen molar-refractivity contribution < 1.29 is 9.53 Å². The van der Waals surface area contributed by atoms with Crippen LogP contribution in [0.4, 0.5) is 5.69 Å². The molecule has 0 aliphatic rings. The number of aryl methyl sites for hydroxylation is 2. The molecule has 0 spiro atoms. The van der Waals surface area contributed by atoms with Gasteiger partial charge in [0.15, 0.2) is 0 Å². The summed E-state index contributed by atoms with van der Waals surface area (Å²) >= 11 is 0.